The maximum atomic E-state index is 11.0. The topological polar surface area (TPSA) is 88.0 Å². The Morgan fingerprint density at radius 1 is 1.58 bits per heavy atom. The quantitative estimate of drug-likeness (QED) is 0.192. The maximum absolute atomic E-state index is 11.0. The van der Waals surface area contributed by atoms with Gasteiger partial charge in [0, 0.05) is 12.9 Å². The Bertz CT molecular complexity index is 149. The number of carbonyl (C=O) groups excluding carboxylic acids is 1. The van der Waals surface area contributed by atoms with E-state index in [1.807, 2.05) is 5.48 Å². The number of carbonyl (C=O) groups is 1. The Morgan fingerprint density at radius 2 is 2.08 bits per heavy atom. The van der Waals surface area contributed by atoms with E-state index in [4.69, 9.17) is 10.2 Å². The average molecular weight is 197 g/mol. The number of hydroxylamine groups is 1. The SMILES string of the molecule is CC(CO)(CO)C(=O)NOOS. The van der Waals surface area contributed by atoms with Crippen LogP contribution in [-0.2, 0) is 14.1 Å². The van der Waals surface area contributed by atoms with Crippen LogP contribution < -0.4 is 5.48 Å². The van der Waals surface area contributed by atoms with E-state index in [-0.39, 0.29) is 0 Å². The van der Waals surface area contributed by atoms with E-state index < -0.39 is 24.5 Å². The highest BCUT2D eigenvalue weighted by Crippen LogP contribution is 2.13. The third kappa shape index (κ3) is 2.95. The molecule has 0 aromatic rings. The summed E-state index contributed by atoms with van der Waals surface area (Å²) in [6.45, 7) is 0.376. The fourth-order valence-corrected chi connectivity index (χ4v) is 0.411. The molecule has 12 heavy (non-hydrogen) atoms. The highest BCUT2D eigenvalue weighted by Gasteiger charge is 2.32. The molecule has 7 heteroatoms. The van der Waals surface area contributed by atoms with E-state index in [1.165, 1.54) is 6.92 Å². The number of hydrogen-bond donors (Lipinski definition) is 4. The lowest BCUT2D eigenvalue weighted by Gasteiger charge is -2.21. The zero-order chi connectivity index (χ0) is 9.61. The summed E-state index contributed by atoms with van der Waals surface area (Å²) < 4.78 is 3.80. The van der Waals surface area contributed by atoms with E-state index in [0.29, 0.717) is 0 Å². The van der Waals surface area contributed by atoms with Gasteiger partial charge in [0.25, 0.3) is 5.91 Å². The summed E-state index contributed by atoms with van der Waals surface area (Å²) in [6.07, 6.45) is 0. The Kier molecular flexibility index (Phi) is 5.18. The number of aliphatic hydroxyl groups excluding tert-OH is 2. The first kappa shape index (κ1) is 11.7. The van der Waals surface area contributed by atoms with E-state index >= 15 is 0 Å². The van der Waals surface area contributed by atoms with Crippen LogP contribution in [0.3, 0.4) is 0 Å². The van der Waals surface area contributed by atoms with Crippen LogP contribution in [0.1, 0.15) is 6.92 Å². The van der Waals surface area contributed by atoms with Gasteiger partial charge in [-0.1, -0.05) is 4.99 Å². The number of nitrogens with one attached hydrogen (secondary N) is 1. The molecule has 0 aromatic heterocycles. The van der Waals surface area contributed by atoms with E-state index in [0.717, 1.165) is 0 Å². The first-order valence-corrected chi connectivity index (χ1v) is 3.46. The maximum Gasteiger partial charge on any atom is 0.256 e. The minimum absolute atomic E-state index is 0.495. The van der Waals surface area contributed by atoms with Crippen LogP contribution in [0.15, 0.2) is 0 Å². The van der Waals surface area contributed by atoms with Gasteiger partial charge in [-0.2, -0.15) is 0 Å². The van der Waals surface area contributed by atoms with Gasteiger partial charge in [-0.25, -0.2) is 5.48 Å². The smallest absolute Gasteiger partial charge is 0.256 e. The van der Waals surface area contributed by atoms with Crippen molar-refractivity contribution in [2.75, 3.05) is 13.2 Å². The largest absolute Gasteiger partial charge is 0.395 e. The number of aliphatic hydroxyl groups is 2. The first-order valence-electron chi connectivity index (χ1n) is 3.10. The molecule has 0 unspecified atom stereocenters. The van der Waals surface area contributed by atoms with Crippen molar-refractivity contribution in [3.05, 3.63) is 0 Å². The monoisotopic (exact) mass is 197 g/mol. The average Bonchev–Trinajstić information content (AvgIpc) is 2.12. The number of rotatable bonds is 5. The van der Waals surface area contributed by atoms with Crippen LogP contribution in [0.4, 0.5) is 0 Å². The van der Waals surface area contributed by atoms with Crippen molar-refractivity contribution in [1.82, 2.24) is 5.48 Å². The molecular weight excluding hydrogens is 186 g/mol. The molecule has 1 amide bonds. The molecule has 0 aliphatic heterocycles. The molecule has 72 valence electrons. The van der Waals surface area contributed by atoms with Gasteiger partial charge in [0.1, 0.15) is 0 Å². The second kappa shape index (κ2) is 5.33. The summed E-state index contributed by atoms with van der Waals surface area (Å²) >= 11 is 3.19. The van der Waals surface area contributed by atoms with Crippen molar-refractivity contribution in [2.24, 2.45) is 5.41 Å². The van der Waals surface area contributed by atoms with Gasteiger partial charge in [-0.05, 0) is 6.92 Å². The van der Waals surface area contributed by atoms with Gasteiger partial charge in [-0.15, -0.1) is 4.33 Å². The molecule has 0 heterocycles. The van der Waals surface area contributed by atoms with Crippen LogP contribution in [0.25, 0.3) is 0 Å². The molecule has 0 aliphatic carbocycles. The number of hydrogen-bond acceptors (Lipinski definition) is 6. The molecule has 0 bridgehead atoms. The summed E-state index contributed by atoms with van der Waals surface area (Å²) in [5.74, 6) is -0.693. The molecule has 0 fully saturated rings. The molecule has 0 saturated heterocycles. The molecule has 0 atom stereocenters. The van der Waals surface area contributed by atoms with Crippen LogP contribution in [-0.4, -0.2) is 29.3 Å². The second-order valence-electron chi connectivity index (χ2n) is 2.47. The molecule has 0 radical (unpaired) electrons. The zero-order valence-electron chi connectivity index (χ0n) is 6.48. The summed E-state index contributed by atoms with van der Waals surface area (Å²) in [5, 5.41) is 17.4. The lowest BCUT2D eigenvalue weighted by atomic mass is 9.92. The predicted octanol–water partition coefficient (Wildman–Crippen LogP) is -1.20. The lowest BCUT2D eigenvalue weighted by Crippen LogP contribution is -2.43. The first-order chi connectivity index (χ1) is 5.60. The highest BCUT2D eigenvalue weighted by atomic mass is 32.1. The van der Waals surface area contributed by atoms with Crippen molar-refractivity contribution < 1.29 is 24.3 Å². The van der Waals surface area contributed by atoms with Crippen molar-refractivity contribution in [3.63, 3.8) is 0 Å². The molecule has 3 N–H and O–H groups in total. The third-order valence-electron chi connectivity index (χ3n) is 1.42. The summed E-state index contributed by atoms with van der Waals surface area (Å²) in [6, 6.07) is 0. The molecule has 6 nitrogen and oxygen atoms in total. The van der Waals surface area contributed by atoms with Crippen molar-refractivity contribution in [2.45, 2.75) is 6.92 Å². The van der Waals surface area contributed by atoms with Crippen molar-refractivity contribution in [3.8, 4) is 0 Å². The second-order valence-corrected chi connectivity index (χ2v) is 2.62. The summed E-state index contributed by atoms with van der Waals surface area (Å²) in [4.78, 5) is 15.0. The predicted molar refractivity (Wildman–Crippen MR) is 41.6 cm³/mol. The molecular formula is C5H11NO5S. The number of amides is 1. The Hall–Kier alpha value is -0.340. The number of thiol groups is 1. The van der Waals surface area contributed by atoms with Gasteiger partial charge < -0.3 is 10.2 Å². The molecule has 0 rings (SSSR count). The Labute approximate surface area is 75.0 Å². The normalized spacial score (nSPS) is 11.3. The standard InChI is InChI=1S/C5H11NO5S/c1-5(2-7,3-8)4(9)6-10-11-12/h7-8,12H,2-3H2,1H3,(H,6,9). The minimum atomic E-state index is -1.29. The summed E-state index contributed by atoms with van der Waals surface area (Å²) in [5.41, 5.74) is 0.532. The lowest BCUT2D eigenvalue weighted by molar-refractivity contribution is -0.244. The van der Waals surface area contributed by atoms with Crippen LogP contribution >= 0.6 is 12.9 Å². The Morgan fingerprint density at radius 3 is 2.42 bits per heavy atom. The fraction of sp³-hybridized carbons (Fsp3) is 0.800. The van der Waals surface area contributed by atoms with E-state index in [2.05, 4.69) is 22.2 Å². The third-order valence-corrected chi connectivity index (χ3v) is 1.49. The van der Waals surface area contributed by atoms with E-state index in [9.17, 15) is 4.79 Å². The van der Waals surface area contributed by atoms with Gasteiger partial charge in [-0.3, -0.25) is 4.79 Å². The minimum Gasteiger partial charge on any atom is -0.395 e. The summed E-state index contributed by atoms with van der Waals surface area (Å²) in [7, 11) is 0. The molecule has 0 aromatic carbocycles. The highest BCUT2D eigenvalue weighted by molar-refractivity contribution is 7.74. The molecule has 0 spiro atoms. The zero-order valence-corrected chi connectivity index (χ0v) is 7.38. The van der Waals surface area contributed by atoms with Crippen molar-refractivity contribution in [1.29, 1.82) is 0 Å². The van der Waals surface area contributed by atoms with Gasteiger partial charge >= 0.3 is 0 Å². The van der Waals surface area contributed by atoms with Gasteiger partial charge in [0.15, 0.2) is 0 Å². The fourth-order valence-electron chi connectivity index (χ4n) is 0.373. The van der Waals surface area contributed by atoms with Crippen LogP contribution in [0.5, 0.6) is 0 Å². The Balaban J connectivity index is 4.03. The van der Waals surface area contributed by atoms with Crippen LogP contribution in [0.2, 0.25) is 0 Å². The van der Waals surface area contributed by atoms with E-state index in [1.54, 1.807) is 0 Å². The van der Waals surface area contributed by atoms with Gasteiger partial charge in [0.05, 0.1) is 18.6 Å². The van der Waals surface area contributed by atoms with Crippen molar-refractivity contribution >= 4 is 18.8 Å². The molecule has 0 saturated carbocycles. The van der Waals surface area contributed by atoms with Crippen LogP contribution in [0, 0.1) is 5.41 Å². The van der Waals surface area contributed by atoms with Gasteiger partial charge in [0.2, 0.25) is 0 Å². The molecule has 0 aliphatic rings.